The SMILES string of the molecule is CCCCCCCCC[n+]1ccccc1C.O=S(=O)([O-])C(F)(F)F. The first-order chi connectivity index (χ1) is 11.1. The highest BCUT2D eigenvalue weighted by molar-refractivity contribution is 7.86. The minimum absolute atomic E-state index is 1.18. The van der Waals surface area contributed by atoms with Gasteiger partial charge < -0.3 is 4.55 Å². The molecule has 8 heteroatoms. The Hall–Kier alpha value is -1.15. The number of hydrogen-bond donors (Lipinski definition) is 0. The third-order valence-corrected chi connectivity index (χ3v) is 4.02. The Labute approximate surface area is 142 Å². The standard InChI is InChI=1S/C15H26N.CHF3O3S/c1-3-4-5-6-7-8-10-13-16-14-11-9-12-15(16)2;2-1(3,4)8(5,6)7/h9,11-12,14H,3-8,10,13H2,1-2H3;(H,5,6,7)/q+1;/p-1. The first-order valence-corrected chi connectivity index (χ1v) is 9.47. The number of unbranched alkanes of at least 4 members (excludes halogenated alkanes) is 6. The number of pyridine rings is 1. The van der Waals surface area contributed by atoms with E-state index in [9.17, 15) is 13.2 Å². The van der Waals surface area contributed by atoms with Crippen molar-refractivity contribution in [3.05, 3.63) is 30.1 Å². The van der Waals surface area contributed by atoms with Crippen LogP contribution in [-0.2, 0) is 16.7 Å². The first kappa shape index (κ1) is 22.9. The second-order valence-electron chi connectivity index (χ2n) is 5.56. The van der Waals surface area contributed by atoms with Crippen LogP contribution in [0.5, 0.6) is 0 Å². The molecular formula is C16H26F3NO3S. The van der Waals surface area contributed by atoms with E-state index in [1.165, 1.54) is 57.2 Å². The van der Waals surface area contributed by atoms with E-state index in [4.69, 9.17) is 13.0 Å². The Morgan fingerprint density at radius 1 is 1.04 bits per heavy atom. The van der Waals surface area contributed by atoms with Crippen molar-refractivity contribution in [1.82, 2.24) is 0 Å². The van der Waals surface area contributed by atoms with Crippen LogP contribution >= 0.6 is 0 Å². The summed E-state index contributed by atoms with van der Waals surface area (Å²) in [6.45, 7) is 5.64. The van der Waals surface area contributed by atoms with Crippen LogP contribution in [0.1, 0.15) is 57.6 Å². The topological polar surface area (TPSA) is 61.1 Å². The number of nitrogens with zero attached hydrogens (tertiary/aromatic N) is 1. The van der Waals surface area contributed by atoms with Crippen molar-refractivity contribution in [3.8, 4) is 0 Å². The van der Waals surface area contributed by atoms with Crippen LogP contribution in [0, 0.1) is 6.92 Å². The summed E-state index contributed by atoms with van der Waals surface area (Å²) >= 11 is 0. The molecule has 0 atom stereocenters. The third-order valence-electron chi connectivity index (χ3n) is 3.45. The lowest BCUT2D eigenvalue weighted by Gasteiger charge is -2.08. The van der Waals surface area contributed by atoms with Crippen LogP contribution in [0.2, 0.25) is 0 Å². The lowest BCUT2D eigenvalue weighted by atomic mass is 10.1. The van der Waals surface area contributed by atoms with E-state index in [1.54, 1.807) is 0 Å². The zero-order valence-corrected chi connectivity index (χ0v) is 15.0. The molecule has 1 rings (SSSR count). The molecule has 0 saturated heterocycles. The third kappa shape index (κ3) is 10.6. The van der Waals surface area contributed by atoms with Crippen LogP contribution in [0.15, 0.2) is 24.4 Å². The molecule has 0 amide bonds. The minimum Gasteiger partial charge on any atom is -0.741 e. The molecule has 0 radical (unpaired) electrons. The lowest BCUT2D eigenvalue weighted by molar-refractivity contribution is -0.703. The van der Waals surface area contributed by atoms with E-state index in [0.717, 1.165) is 0 Å². The molecule has 0 spiro atoms. The average Bonchev–Trinajstić information content (AvgIpc) is 2.47. The maximum absolute atomic E-state index is 10.7. The van der Waals surface area contributed by atoms with E-state index < -0.39 is 15.6 Å². The van der Waals surface area contributed by atoms with Crippen molar-refractivity contribution in [2.24, 2.45) is 0 Å². The molecule has 0 aliphatic heterocycles. The maximum Gasteiger partial charge on any atom is 0.485 e. The monoisotopic (exact) mass is 369 g/mol. The second-order valence-corrected chi connectivity index (χ2v) is 6.93. The minimum atomic E-state index is -6.09. The molecule has 0 aliphatic carbocycles. The molecule has 0 aromatic carbocycles. The van der Waals surface area contributed by atoms with Gasteiger partial charge >= 0.3 is 5.51 Å². The summed E-state index contributed by atoms with van der Waals surface area (Å²) < 4.78 is 61.3. The predicted molar refractivity (Wildman–Crippen MR) is 85.1 cm³/mol. The number of halogens is 3. The molecule has 140 valence electrons. The summed E-state index contributed by atoms with van der Waals surface area (Å²) in [4.78, 5) is 0. The molecule has 0 aliphatic rings. The van der Waals surface area contributed by atoms with E-state index in [0.29, 0.717) is 0 Å². The normalized spacial score (nSPS) is 11.8. The van der Waals surface area contributed by atoms with Crippen molar-refractivity contribution in [2.75, 3.05) is 0 Å². The Bertz CT molecular complexity index is 560. The Morgan fingerprint density at radius 2 is 1.54 bits per heavy atom. The fraction of sp³-hybridized carbons (Fsp3) is 0.688. The smallest absolute Gasteiger partial charge is 0.485 e. The zero-order valence-electron chi connectivity index (χ0n) is 14.2. The molecule has 4 nitrogen and oxygen atoms in total. The molecule has 0 unspecified atom stereocenters. The summed E-state index contributed by atoms with van der Waals surface area (Å²) in [5, 5.41) is 0. The maximum atomic E-state index is 10.7. The van der Waals surface area contributed by atoms with Crippen molar-refractivity contribution >= 4 is 10.1 Å². The number of rotatable bonds is 8. The molecule has 1 aromatic rings. The summed E-state index contributed by atoms with van der Waals surface area (Å²) in [5.41, 5.74) is -4.28. The first-order valence-electron chi connectivity index (χ1n) is 8.06. The van der Waals surface area contributed by atoms with Gasteiger partial charge in [-0.15, -0.1) is 0 Å². The van der Waals surface area contributed by atoms with E-state index in [-0.39, 0.29) is 0 Å². The van der Waals surface area contributed by atoms with E-state index >= 15 is 0 Å². The van der Waals surface area contributed by atoms with Crippen LogP contribution in [-0.4, -0.2) is 18.5 Å². The van der Waals surface area contributed by atoms with Gasteiger partial charge in [0.25, 0.3) is 0 Å². The Balaban J connectivity index is 0.000000561. The molecule has 0 N–H and O–H groups in total. The Morgan fingerprint density at radius 3 is 2.00 bits per heavy atom. The highest BCUT2D eigenvalue weighted by Crippen LogP contribution is 2.20. The van der Waals surface area contributed by atoms with Gasteiger partial charge in [-0.05, 0) is 6.42 Å². The molecule has 0 bridgehead atoms. The van der Waals surface area contributed by atoms with Gasteiger partial charge in [0.05, 0.1) is 0 Å². The van der Waals surface area contributed by atoms with Crippen LogP contribution in [0.3, 0.4) is 0 Å². The predicted octanol–water partition coefficient (Wildman–Crippen LogP) is 4.08. The summed E-state index contributed by atoms with van der Waals surface area (Å²) in [7, 11) is -6.09. The number of hydrogen-bond acceptors (Lipinski definition) is 3. The number of aromatic nitrogens is 1. The lowest BCUT2D eigenvalue weighted by Crippen LogP contribution is -2.36. The molecule has 1 aromatic heterocycles. The van der Waals surface area contributed by atoms with Gasteiger partial charge in [-0.1, -0.05) is 45.1 Å². The zero-order chi connectivity index (χ0) is 18.6. The van der Waals surface area contributed by atoms with Crippen molar-refractivity contribution in [1.29, 1.82) is 0 Å². The fourth-order valence-electron chi connectivity index (χ4n) is 2.05. The molecule has 0 fully saturated rings. The van der Waals surface area contributed by atoms with Gasteiger partial charge in [-0.25, -0.2) is 13.0 Å². The summed E-state index contributed by atoms with van der Waals surface area (Å²) in [6.07, 6.45) is 11.9. The number of alkyl halides is 3. The highest BCUT2D eigenvalue weighted by Gasteiger charge is 2.36. The van der Waals surface area contributed by atoms with E-state index in [1.807, 2.05) is 0 Å². The highest BCUT2D eigenvalue weighted by atomic mass is 32.2. The van der Waals surface area contributed by atoms with Gasteiger partial charge in [0.1, 0.15) is 6.54 Å². The molecular weight excluding hydrogens is 343 g/mol. The average molecular weight is 369 g/mol. The fourth-order valence-corrected chi connectivity index (χ4v) is 2.05. The summed E-state index contributed by atoms with van der Waals surface area (Å²) in [6, 6.07) is 6.41. The van der Waals surface area contributed by atoms with Crippen LogP contribution in [0.4, 0.5) is 13.2 Å². The van der Waals surface area contributed by atoms with Crippen LogP contribution in [0.25, 0.3) is 0 Å². The Kier molecular flexibility index (Phi) is 10.9. The molecule has 24 heavy (non-hydrogen) atoms. The largest absolute Gasteiger partial charge is 0.741 e. The molecule has 1 heterocycles. The van der Waals surface area contributed by atoms with Gasteiger partial charge in [0.15, 0.2) is 22.0 Å². The van der Waals surface area contributed by atoms with Crippen molar-refractivity contribution in [2.45, 2.75) is 70.8 Å². The van der Waals surface area contributed by atoms with E-state index in [2.05, 4.69) is 42.8 Å². The van der Waals surface area contributed by atoms with Gasteiger partial charge in [-0.3, -0.25) is 0 Å². The van der Waals surface area contributed by atoms with Gasteiger partial charge in [0.2, 0.25) is 0 Å². The van der Waals surface area contributed by atoms with Gasteiger partial charge in [-0.2, -0.15) is 13.2 Å². The van der Waals surface area contributed by atoms with Crippen LogP contribution < -0.4 is 4.57 Å². The summed E-state index contributed by atoms with van der Waals surface area (Å²) in [5.74, 6) is 0. The second kappa shape index (κ2) is 11.4. The van der Waals surface area contributed by atoms with Gasteiger partial charge in [0, 0.05) is 25.5 Å². The van der Waals surface area contributed by atoms with Crippen molar-refractivity contribution < 1.29 is 30.7 Å². The molecule has 0 saturated carbocycles. The van der Waals surface area contributed by atoms with Crippen molar-refractivity contribution in [3.63, 3.8) is 0 Å². The quantitative estimate of drug-likeness (QED) is 0.300. The number of aryl methyl sites for hydroxylation is 2.